The van der Waals surface area contributed by atoms with Crippen LogP contribution in [0.4, 0.5) is 0 Å². The van der Waals surface area contributed by atoms with Crippen LogP contribution in [0.25, 0.3) is 0 Å². The summed E-state index contributed by atoms with van der Waals surface area (Å²) in [5.74, 6) is -0.828. The van der Waals surface area contributed by atoms with Crippen molar-refractivity contribution in [2.24, 2.45) is 22.2 Å². The Labute approximate surface area is 145 Å². The molecule has 2 aliphatic rings. The Bertz CT molecular complexity index is 563. The predicted octanol–water partition coefficient (Wildman–Crippen LogP) is 4.06. The number of fused-ring (bicyclic) bond motifs is 1. The molecular weight excluding hydrogens is 304 g/mol. The average molecular weight is 334 g/mol. The highest BCUT2D eigenvalue weighted by Crippen LogP contribution is 2.60. The van der Waals surface area contributed by atoms with Crippen LogP contribution in [0.2, 0.25) is 0 Å². The van der Waals surface area contributed by atoms with Gasteiger partial charge in [0.05, 0.1) is 14.2 Å². The molecule has 0 aromatic carbocycles. The number of ether oxygens (including phenoxy) is 2. The van der Waals surface area contributed by atoms with Gasteiger partial charge in [0.1, 0.15) is 0 Å². The number of allylic oxidation sites excluding steroid dienone is 4. The van der Waals surface area contributed by atoms with Crippen molar-refractivity contribution in [1.82, 2.24) is 0 Å². The molecule has 0 spiro atoms. The van der Waals surface area contributed by atoms with Gasteiger partial charge in [-0.2, -0.15) is 0 Å². The molecule has 0 amide bonds. The van der Waals surface area contributed by atoms with E-state index in [2.05, 4.69) is 45.9 Å². The fourth-order valence-electron chi connectivity index (χ4n) is 4.39. The molecule has 134 valence electrons. The fourth-order valence-corrected chi connectivity index (χ4v) is 4.39. The van der Waals surface area contributed by atoms with Gasteiger partial charge in [-0.15, -0.1) is 0 Å². The van der Waals surface area contributed by atoms with E-state index >= 15 is 0 Å². The lowest BCUT2D eigenvalue weighted by molar-refractivity contribution is -0.169. The van der Waals surface area contributed by atoms with E-state index in [1.165, 1.54) is 19.8 Å². The van der Waals surface area contributed by atoms with Crippen molar-refractivity contribution in [2.45, 2.75) is 53.4 Å². The van der Waals surface area contributed by atoms with Gasteiger partial charge in [-0.05, 0) is 42.4 Å². The highest BCUT2D eigenvalue weighted by atomic mass is 16.5. The maximum Gasteiger partial charge on any atom is 0.323 e. The van der Waals surface area contributed by atoms with Gasteiger partial charge >= 0.3 is 11.9 Å². The molecule has 0 aromatic heterocycles. The standard InChI is InChI=1S/C20H30O4/c1-18(2,3)11-14-9-7-8-10-15-12-20(16(21)23-5,17(22)24-6)13-19(14,15)4/h8,10-11,15H,7,9,12-13H2,1-6H3/b14-11-/t15-,19-/m1/s1. The zero-order chi connectivity index (χ0) is 18.2. The molecule has 0 bridgehead atoms. The topological polar surface area (TPSA) is 52.6 Å². The van der Waals surface area contributed by atoms with Crippen LogP contribution in [-0.2, 0) is 19.1 Å². The maximum atomic E-state index is 12.5. The second kappa shape index (κ2) is 6.38. The molecule has 4 heteroatoms. The van der Waals surface area contributed by atoms with E-state index in [4.69, 9.17) is 9.47 Å². The lowest BCUT2D eigenvalue weighted by Crippen LogP contribution is -2.40. The van der Waals surface area contributed by atoms with E-state index in [1.54, 1.807) is 0 Å². The maximum absolute atomic E-state index is 12.5. The van der Waals surface area contributed by atoms with Crippen LogP contribution in [0.1, 0.15) is 53.4 Å². The SMILES string of the molecule is COC(=O)C1(C(=O)OC)C[C@H]2C=CCC/C(=C/C(C)(C)C)[C@@]2(C)C1. The van der Waals surface area contributed by atoms with Crippen molar-refractivity contribution in [3.05, 3.63) is 23.8 Å². The predicted molar refractivity (Wildman–Crippen MR) is 93.2 cm³/mol. The lowest BCUT2D eigenvalue weighted by Gasteiger charge is -2.34. The Kier molecular flexibility index (Phi) is 4.98. The van der Waals surface area contributed by atoms with Crippen molar-refractivity contribution >= 4 is 11.9 Å². The third kappa shape index (κ3) is 3.15. The highest BCUT2D eigenvalue weighted by molar-refractivity contribution is 6.00. The summed E-state index contributed by atoms with van der Waals surface area (Å²) in [6.45, 7) is 8.72. The van der Waals surface area contributed by atoms with Crippen LogP contribution in [0.3, 0.4) is 0 Å². The van der Waals surface area contributed by atoms with Gasteiger partial charge in [-0.25, -0.2) is 0 Å². The van der Waals surface area contributed by atoms with Crippen molar-refractivity contribution < 1.29 is 19.1 Å². The number of hydrogen-bond donors (Lipinski definition) is 0. The first-order valence-electron chi connectivity index (χ1n) is 8.65. The van der Waals surface area contributed by atoms with Gasteiger partial charge in [0.25, 0.3) is 0 Å². The van der Waals surface area contributed by atoms with E-state index in [0.29, 0.717) is 12.8 Å². The van der Waals surface area contributed by atoms with Crippen LogP contribution in [-0.4, -0.2) is 26.2 Å². The molecule has 2 rings (SSSR count). The molecule has 2 atom stereocenters. The smallest absolute Gasteiger partial charge is 0.323 e. The van der Waals surface area contributed by atoms with Crippen molar-refractivity contribution in [2.75, 3.05) is 14.2 Å². The van der Waals surface area contributed by atoms with Crippen molar-refractivity contribution in [3.8, 4) is 0 Å². The summed E-state index contributed by atoms with van der Waals surface area (Å²) < 4.78 is 9.99. The van der Waals surface area contributed by atoms with Crippen LogP contribution in [0, 0.1) is 22.2 Å². The highest BCUT2D eigenvalue weighted by Gasteiger charge is 2.62. The zero-order valence-corrected chi connectivity index (χ0v) is 15.8. The van der Waals surface area contributed by atoms with Crippen LogP contribution >= 0.6 is 0 Å². The van der Waals surface area contributed by atoms with Gasteiger partial charge < -0.3 is 9.47 Å². The molecule has 0 heterocycles. The van der Waals surface area contributed by atoms with Crippen molar-refractivity contribution in [1.29, 1.82) is 0 Å². The minimum atomic E-state index is -1.21. The summed E-state index contributed by atoms with van der Waals surface area (Å²) in [5.41, 5.74) is -0.0566. The Morgan fingerprint density at radius 1 is 1.21 bits per heavy atom. The summed E-state index contributed by atoms with van der Waals surface area (Å²) in [5, 5.41) is 0. The molecule has 0 unspecified atom stereocenters. The molecular formula is C20H30O4. The van der Waals surface area contributed by atoms with Gasteiger partial charge in [0, 0.05) is 0 Å². The molecule has 0 N–H and O–H groups in total. The van der Waals surface area contributed by atoms with Crippen molar-refractivity contribution in [3.63, 3.8) is 0 Å². The van der Waals surface area contributed by atoms with Gasteiger partial charge in [-0.3, -0.25) is 9.59 Å². The molecule has 2 aliphatic carbocycles. The Balaban J connectivity index is 2.54. The Hall–Kier alpha value is -1.58. The first-order valence-corrected chi connectivity index (χ1v) is 8.65. The molecule has 1 saturated carbocycles. The monoisotopic (exact) mass is 334 g/mol. The van der Waals surface area contributed by atoms with Gasteiger partial charge in [0.15, 0.2) is 5.41 Å². The number of carbonyl (C=O) groups excluding carboxylic acids is 2. The largest absolute Gasteiger partial charge is 0.468 e. The summed E-state index contributed by atoms with van der Waals surface area (Å²) in [7, 11) is 2.68. The summed E-state index contributed by atoms with van der Waals surface area (Å²) >= 11 is 0. The second-order valence-electron chi connectivity index (χ2n) is 8.47. The molecule has 4 nitrogen and oxygen atoms in total. The fraction of sp³-hybridized carbons (Fsp3) is 0.700. The lowest BCUT2D eigenvalue weighted by atomic mass is 9.70. The third-order valence-electron chi connectivity index (χ3n) is 5.50. The average Bonchev–Trinajstić information content (AvgIpc) is 2.75. The quantitative estimate of drug-likeness (QED) is 0.434. The normalized spacial score (nSPS) is 30.6. The number of esters is 2. The van der Waals surface area contributed by atoms with Gasteiger partial charge in [0.2, 0.25) is 0 Å². The van der Waals surface area contributed by atoms with E-state index < -0.39 is 17.4 Å². The van der Waals surface area contributed by atoms with Crippen LogP contribution in [0.5, 0.6) is 0 Å². The first kappa shape index (κ1) is 18.8. The summed E-state index contributed by atoms with van der Waals surface area (Å²) in [6, 6.07) is 0. The van der Waals surface area contributed by atoms with E-state index in [9.17, 15) is 9.59 Å². The second-order valence-corrected chi connectivity index (χ2v) is 8.47. The molecule has 1 fully saturated rings. The van der Waals surface area contributed by atoms with E-state index in [0.717, 1.165) is 12.8 Å². The molecule has 0 radical (unpaired) electrons. The number of hydrogen-bond acceptors (Lipinski definition) is 4. The minimum Gasteiger partial charge on any atom is -0.468 e. The van der Waals surface area contributed by atoms with E-state index in [1.807, 2.05) is 0 Å². The molecule has 24 heavy (non-hydrogen) atoms. The number of methoxy groups -OCH3 is 2. The minimum absolute atomic E-state index is 0.0506. The van der Waals surface area contributed by atoms with Crippen LogP contribution < -0.4 is 0 Å². The summed E-state index contributed by atoms with van der Waals surface area (Å²) in [6.07, 6.45) is 9.51. The molecule has 0 saturated heterocycles. The third-order valence-corrected chi connectivity index (χ3v) is 5.50. The zero-order valence-electron chi connectivity index (χ0n) is 15.8. The summed E-state index contributed by atoms with van der Waals surface area (Å²) in [4.78, 5) is 25.1. The van der Waals surface area contributed by atoms with Gasteiger partial charge in [-0.1, -0.05) is 51.5 Å². The molecule has 0 aliphatic heterocycles. The molecule has 0 aromatic rings. The Morgan fingerprint density at radius 3 is 2.29 bits per heavy atom. The van der Waals surface area contributed by atoms with Crippen LogP contribution in [0.15, 0.2) is 23.8 Å². The first-order chi connectivity index (χ1) is 11.1. The Morgan fingerprint density at radius 2 is 1.79 bits per heavy atom. The number of carbonyl (C=O) groups is 2. The van der Waals surface area contributed by atoms with E-state index in [-0.39, 0.29) is 16.7 Å². The number of rotatable bonds is 2.